The van der Waals surface area contributed by atoms with Crippen molar-refractivity contribution in [1.29, 1.82) is 0 Å². The number of ether oxygens (including phenoxy) is 1. The van der Waals surface area contributed by atoms with Gasteiger partial charge in [-0.25, -0.2) is 4.98 Å². The molecule has 1 heterocycles. The molecule has 1 atom stereocenters. The predicted octanol–water partition coefficient (Wildman–Crippen LogP) is -0.260. The molecule has 104 valence electrons. The molecule has 1 aromatic heterocycles. The normalized spacial score (nSPS) is 12.8. The van der Waals surface area contributed by atoms with E-state index in [0.717, 1.165) is 11.3 Å². The van der Waals surface area contributed by atoms with Crippen molar-refractivity contribution in [1.82, 2.24) is 4.98 Å². The Morgan fingerprint density at radius 1 is 1.58 bits per heavy atom. The summed E-state index contributed by atoms with van der Waals surface area (Å²) in [7, 11) is 1.27. The maximum Gasteiger partial charge on any atom is 0.311 e. The van der Waals surface area contributed by atoms with Gasteiger partial charge in [-0.15, -0.1) is 11.3 Å². The van der Waals surface area contributed by atoms with Crippen molar-refractivity contribution in [3.8, 4) is 0 Å². The standard InChI is InChI=1S/C10H14N4O4S/c1-5(9(16)17-2)3-18-14-7(8(11)15)6-4-19-10(12)13-6/h4-5H,3H2,1-2H3,(H2,11,15)(H2,12,13). The Bertz CT molecular complexity index is 499. The number of carbonyl (C=O) groups is 2. The van der Waals surface area contributed by atoms with Crippen LogP contribution in [-0.2, 0) is 19.2 Å². The van der Waals surface area contributed by atoms with E-state index in [1.54, 1.807) is 6.92 Å². The lowest BCUT2D eigenvalue weighted by atomic mass is 10.2. The molecule has 0 aliphatic carbocycles. The fourth-order valence-electron chi connectivity index (χ4n) is 1.10. The van der Waals surface area contributed by atoms with Crippen LogP contribution in [0.5, 0.6) is 0 Å². The Hall–Kier alpha value is -2.16. The minimum absolute atomic E-state index is 0.0386. The van der Waals surface area contributed by atoms with Crippen LogP contribution >= 0.6 is 11.3 Å². The van der Waals surface area contributed by atoms with Crippen LogP contribution in [0.1, 0.15) is 12.6 Å². The second-order valence-corrected chi connectivity index (χ2v) is 4.48. The Labute approximate surface area is 113 Å². The zero-order chi connectivity index (χ0) is 14.4. The van der Waals surface area contributed by atoms with E-state index in [4.69, 9.17) is 16.3 Å². The third-order valence-electron chi connectivity index (χ3n) is 2.08. The summed E-state index contributed by atoms with van der Waals surface area (Å²) in [4.78, 5) is 31.1. The highest BCUT2D eigenvalue weighted by molar-refractivity contribution is 7.13. The van der Waals surface area contributed by atoms with Gasteiger partial charge in [0, 0.05) is 5.38 Å². The minimum Gasteiger partial charge on any atom is -0.469 e. The summed E-state index contributed by atoms with van der Waals surface area (Å²) in [6.45, 7) is 1.56. The number of nitrogens with zero attached hydrogens (tertiary/aromatic N) is 2. The number of hydrogen-bond donors (Lipinski definition) is 2. The van der Waals surface area contributed by atoms with Crippen molar-refractivity contribution in [2.45, 2.75) is 6.92 Å². The van der Waals surface area contributed by atoms with E-state index in [1.165, 1.54) is 12.5 Å². The molecule has 1 rings (SSSR count). The number of methoxy groups -OCH3 is 1. The van der Waals surface area contributed by atoms with Crippen LogP contribution in [0, 0.1) is 5.92 Å². The highest BCUT2D eigenvalue weighted by Gasteiger charge is 2.17. The highest BCUT2D eigenvalue weighted by Crippen LogP contribution is 2.12. The molecule has 0 bridgehead atoms. The van der Waals surface area contributed by atoms with Crippen molar-refractivity contribution >= 4 is 34.1 Å². The smallest absolute Gasteiger partial charge is 0.311 e. The second kappa shape index (κ2) is 6.69. The minimum atomic E-state index is -0.795. The summed E-state index contributed by atoms with van der Waals surface area (Å²) in [5, 5.41) is 5.40. The summed E-state index contributed by atoms with van der Waals surface area (Å²) >= 11 is 1.15. The zero-order valence-corrected chi connectivity index (χ0v) is 11.3. The first kappa shape index (κ1) is 14.9. The number of amides is 1. The van der Waals surface area contributed by atoms with Crippen molar-refractivity contribution in [2.24, 2.45) is 16.8 Å². The van der Waals surface area contributed by atoms with E-state index in [2.05, 4.69) is 14.9 Å². The molecule has 0 radical (unpaired) electrons. The Balaban J connectivity index is 2.71. The summed E-state index contributed by atoms with van der Waals surface area (Å²) in [6.07, 6.45) is 0. The van der Waals surface area contributed by atoms with Crippen LogP contribution in [-0.4, -0.2) is 36.3 Å². The van der Waals surface area contributed by atoms with Crippen molar-refractivity contribution in [3.05, 3.63) is 11.1 Å². The Kier molecular flexibility index (Phi) is 5.24. The summed E-state index contributed by atoms with van der Waals surface area (Å²) in [6, 6.07) is 0. The number of rotatable bonds is 6. The number of carbonyl (C=O) groups excluding carboxylic acids is 2. The van der Waals surface area contributed by atoms with Crippen LogP contribution in [0.2, 0.25) is 0 Å². The molecule has 8 nitrogen and oxygen atoms in total. The van der Waals surface area contributed by atoms with E-state index in [1.807, 2.05) is 0 Å². The molecule has 0 aliphatic rings. The van der Waals surface area contributed by atoms with E-state index >= 15 is 0 Å². The fraction of sp³-hybridized carbons (Fsp3) is 0.400. The molecule has 1 aromatic rings. The van der Waals surface area contributed by atoms with Crippen LogP contribution in [0.4, 0.5) is 5.13 Å². The van der Waals surface area contributed by atoms with Crippen LogP contribution in [0.15, 0.2) is 10.5 Å². The number of nitrogens with two attached hydrogens (primary N) is 2. The maximum absolute atomic E-state index is 11.2. The topological polar surface area (TPSA) is 130 Å². The van der Waals surface area contributed by atoms with Gasteiger partial charge >= 0.3 is 5.97 Å². The van der Waals surface area contributed by atoms with Crippen molar-refractivity contribution in [2.75, 3.05) is 19.5 Å². The first-order chi connectivity index (χ1) is 8.95. The molecule has 0 fully saturated rings. The first-order valence-electron chi connectivity index (χ1n) is 5.24. The summed E-state index contributed by atoms with van der Waals surface area (Å²) < 4.78 is 4.52. The van der Waals surface area contributed by atoms with Gasteiger partial charge in [-0.1, -0.05) is 5.16 Å². The SMILES string of the molecule is COC(=O)C(C)CON=C(C(N)=O)c1csc(N)n1. The molecule has 1 amide bonds. The van der Waals surface area contributed by atoms with Crippen LogP contribution in [0.3, 0.4) is 0 Å². The van der Waals surface area contributed by atoms with Gasteiger partial charge in [-0.3, -0.25) is 9.59 Å². The molecule has 0 saturated carbocycles. The highest BCUT2D eigenvalue weighted by atomic mass is 32.1. The lowest BCUT2D eigenvalue weighted by Crippen LogP contribution is -2.25. The van der Waals surface area contributed by atoms with Gasteiger partial charge in [0.25, 0.3) is 5.91 Å². The van der Waals surface area contributed by atoms with Gasteiger partial charge < -0.3 is 21.0 Å². The molecule has 0 aliphatic heterocycles. The first-order valence-corrected chi connectivity index (χ1v) is 6.12. The van der Waals surface area contributed by atoms with Gasteiger partial charge in [-0.05, 0) is 6.92 Å². The number of nitrogen functional groups attached to an aromatic ring is 1. The molecular weight excluding hydrogens is 272 g/mol. The largest absolute Gasteiger partial charge is 0.469 e. The molecule has 19 heavy (non-hydrogen) atoms. The zero-order valence-electron chi connectivity index (χ0n) is 10.5. The van der Waals surface area contributed by atoms with E-state index in [-0.39, 0.29) is 23.1 Å². The molecular formula is C10H14N4O4S. The monoisotopic (exact) mass is 286 g/mol. The van der Waals surface area contributed by atoms with Crippen molar-refractivity contribution in [3.63, 3.8) is 0 Å². The molecule has 4 N–H and O–H groups in total. The van der Waals surface area contributed by atoms with Crippen LogP contribution in [0.25, 0.3) is 0 Å². The number of primary amides is 1. The van der Waals surface area contributed by atoms with Gasteiger partial charge in [-0.2, -0.15) is 0 Å². The number of hydrogen-bond acceptors (Lipinski definition) is 8. The quantitative estimate of drug-likeness (QED) is 0.421. The van der Waals surface area contributed by atoms with E-state index in [0.29, 0.717) is 0 Å². The van der Waals surface area contributed by atoms with Crippen molar-refractivity contribution < 1.29 is 19.2 Å². The summed E-state index contributed by atoms with van der Waals surface area (Å²) in [5.74, 6) is -1.74. The molecule has 0 saturated heterocycles. The average molecular weight is 286 g/mol. The summed E-state index contributed by atoms with van der Waals surface area (Å²) in [5.41, 5.74) is 10.7. The predicted molar refractivity (Wildman–Crippen MR) is 69.4 cm³/mol. The van der Waals surface area contributed by atoms with Gasteiger partial charge in [0.15, 0.2) is 10.8 Å². The molecule has 9 heteroatoms. The maximum atomic E-state index is 11.2. The van der Waals surface area contributed by atoms with Crippen LogP contribution < -0.4 is 11.5 Å². The molecule has 1 unspecified atom stereocenters. The molecule has 0 aromatic carbocycles. The third-order valence-corrected chi connectivity index (χ3v) is 2.76. The average Bonchev–Trinajstić information content (AvgIpc) is 2.79. The number of anilines is 1. The van der Waals surface area contributed by atoms with Gasteiger partial charge in [0.2, 0.25) is 0 Å². The fourth-order valence-corrected chi connectivity index (χ4v) is 1.64. The van der Waals surface area contributed by atoms with Gasteiger partial charge in [0.05, 0.1) is 13.0 Å². The van der Waals surface area contributed by atoms with Gasteiger partial charge in [0.1, 0.15) is 12.3 Å². The lowest BCUT2D eigenvalue weighted by Gasteiger charge is -2.07. The number of oxime groups is 1. The van der Waals surface area contributed by atoms with E-state index in [9.17, 15) is 9.59 Å². The Morgan fingerprint density at radius 3 is 2.74 bits per heavy atom. The number of esters is 1. The second-order valence-electron chi connectivity index (χ2n) is 3.60. The number of aromatic nitrogens is 1. The Morgan fingerprint density at radius 2 is 2.26 bits per heavy atom. The lowest BCUT2D eigenvalue weighted by molar-refractivity contribution is -0.146. The molecule has 0 spiro atoms. The van der Waals surface area contributed by atoms with E-state index < -0.39 is 17.8 Å². The third kappa shape index (κ3) is 4.21. The number of thiazole rings is 1.